The zero-order valence-electron chi connectivity index (χ0n) is 6.59. The molecule has 0 spiro atoms. The number of carbonyl (C=O) groups is 1. The van der Waals surface area contributed by atoms with Gasteiger partial charge in [0, 0.05) is 9.92 Å². The molecular formula is C8H7Cl2NOS. The Balaban J connectivity index is 2.75. The van der Waals surface area contributed by atoms with E-state index in [1.807, 2.05) is 0 Å². The van der Waals surface area contributed by atoms with Gasteiger partial charge in [-0.3, -0.25) is 4.79 Å². The predicted octanol–water partition coefficient (Wildman–Crippen LogP) is 2.57. The number of nitrogens with two attached hydrogens (primary N) is 1. The van der Waals surface area contributed by atoms with Gasteiger partial charge in [0.15, 0.2) is 0 Å². The van der Waals surface area contributed by atoms with Gasteiger partial charge in [0.1, 0.15) is 0 Å². The summed E-state index contributed by atoms with van der Waals surface area (Å²) >= 11 is 12.9. The van der Waals surface area contributed by atoms with Gasteiger partial charge in [0.2, 0.25) is 5.91 Å². The average molecular weight is 236 g/mol. The van der Waals surface area contributed by atoms with Crippen LogP contribution in [0.2, 0.25) is 10.0 Å². The number of primary amides is 1. The maximum atomic E-state index is 10.5. The minimum atomic E-state index is -0.374. The molecule has 0 unspecified atom stereocenters. The van der Waals surface area contributed by atoms with Crippen LogP contribution in [0.15, 0.2) is 23.1 Å². The van der Waals surface area contributed by atoms with Crippen LogP contribution in [0, 0.1) is 0 Å². The van der Waals surface area contributed by atoms with Crippen LogP contribution >= 0.6 is 35.0 Å². The number of amides is 1. The standard InChI is InChI=1S/C8H7Cl2NOS/c9-5-1-2-6(10)7(3-5)13-4-8(11)12/h1-3H,4H2,(H2,11,12). The Morgan fingerprint density at radius 3 is 2.77 bits per heavy atom. The van der Waals surface area contributed by atoms with Gasteiger partial charge in [0.05, 0.1) is 10.8 Å². The van der Waals surface area contributed by atoms with Gasteiger partial charge >= 0.3 is 0 Å². The summed E-state index contributed by atoms with van der Waals surface area (Å²) in [5.74, 6) is -0.166. The van der Waals surface area contributed by atoms with Crippen LogP contribution in [0.1, 0.15) is 0 Å². The van der Waals surface area contributed by atoms with Crippen molar-refractivity contribution in [3.8, 4) is 0 Å². The Hall–Kier alpha value is -0.380. The smallest absolute Gasteiger partial charge is 0.227 e. The summed E-state index contributed by atoms with van der Waals surface area (Å²) in [4.78, 5) is 11.3. The van der Waals surface area contributed by atoms with Crippen molar-refractivity contribution in [3.63, 3.8) is 0 Å². The lowest BCUT2D eigenvalue weighted by Crippen LogP contribution is -2.12. The van der Waals surface area contributed by atoms with Crippen molar-refractivity contribution in [3.05, 3.63) is 28.2 Å². The maximum Gasteiger partial charge on any atom is 0.227 e. The highest BCUT2D eigenvalue weighted by Gasteiger charge is 2.03. The molecule has 0 saturated carbocycles. The number of rotatable bonds is 3. The Bertz CT molecular complexity index is 330. The fraction of sp³-hybridized carbons (Fsp3) is 0.125. The van der Waals surface area contributed by atoms with Crippen molar-refractivity contribution in [2.24, 2.45) is 5.73 Å². The molecule has 0 aliphatic heterocycles. The van der Waals surface area contributed by atoms with Crippen molar-refractivity contribution in [2.75, 3.05) is 5.75 Å². The summed E-state index contributed by atoms with van der Waals surface area (Å²) in [6, 6.07) is 5.09. The van der Waals surface area contributed by atoms with E-state index in [1.165, 1.54) is 11.8 Å². The predicted molar refractivity (Wildman–Crippen MR) is 56.4 cm³/mol. The zero-order chi connectivity index (χ0) is 9.84. The van der Waals surface area contributed by atoms with Crippen LogP contribution in [-0.2, 0) is 4.79 Å². The van der Waals surface area contributed by atoms with Gasteiger partial charge in [-0.15, -0.1) is 11.8 Å². The second-order valence-corrected chi connectivity index (χ2v) is 4.19. The number of carbonyl (C=O) groups excluding carboxylic acids is 1. The van der Waals surface area contributed by atoms with Crippen LogP contribution < -0.4 is 5.73 Å². The summed E-state index contributed by atoms with van der Waals surface area (Å²) < 4.78 is 0. The fourth-order valence-electron chi connectivity index (χ4n) is 0.737. The second-order valence-electron chi connectivity index (χ2n) is 2.33. The molecule has 1 rings (SSSR count). The molecule has 70 valence electrons. The molecule has 0 aliphatic carbocycles. The SMILES string of the molecule is NC(=O)CSc1cc(Cl)ccc1Cl. The highest BCUT2D eigenvalue weighted by Crippen LogP contribution is 2.29. The van der Waals surface area contributed by atoms with Gasteiger partial charge in [-0.2, -0.15) is 0 Å². The van der Waals surface area contributed by atoms with Crippen molar-refractivity contribution in [1.29, 1.82) is 0 Å². The molecule has 13 heavy (non-hydrogen) atoms. The van der Waals surface area contributed by atoms with E-state index in [2.05, 4.69) is 0 Å². The quantitative estimate of drug-likeness (QED) is 0.819. The first-order valence-corrected chi connectivity index (χ1v) is 5.20. The fourth-order valence-corrected chi connectivity index (χ4v) is 1.97. The third kappa shape index (κ3) is 3.46. The van der Waals surface area contributed by atoms with E-state index in [4.69, 9.17) is 28.9 Å². The summed E-state index contributed by atoms with van der Waals surface area (Å²) in [6.07, 6.45) is 0. The minimum absolute atomic E-state index is 0.208. The number of hydrogen-bond donors (Lipinski definition) is 1. The molecule has 0 fully saturated rings. The molecule has 2 N–H and O–H groups in total. The number of benzene rings is 1. The summed E-state index contributed by atoms with van der Waals surface area (Å²) in [5, 5.41) is 1.17. The molecule has 0 heterocycles. The summed E-state index contributed by atoms with van der Waals surface area (Å²) in [5.41, 5.74) is 4.99. The van der Waals surface area contributed by atoms with E-state index in [0.717, 1.165) is 4.90 Å². The van der Waals surface area contributed by atoms with Crippen LogP contribution in [0.3, 0.4) is 0 Å². The highest BCUT2D eigenvalue weighted by molar-refractivity contribution is 8.00. The van der Waals surface area contributed by atoms with Gasteiger partial charge in [-0.1, -0.05) is 23.2 Å². The third-order valence-electron chi connectivity index (χ3n) is 1.26. The van der Waals surface area contributed by atoms with Crippen LogP contribution in [0.25, 0.3) is 0 Å². The van der Waals surface area contributed by atoms with Crippen LogP contribution in [-0.4, -0.2) is 11.7 Å². The minimum Gasteiger partial charge on any atom is -0.369 e. The summed E-state index contributed by atoms with van der Waals surface area (Å²) in [7, 11) is 0. The largest absolute Gasteiger partial charge is 0.369 e. The van der Waals surface area contributed by atoms with E-state index < -0.39 is 0 Å². The lowest BCUT2D eigenvalue weighted by molar-refractivity contribution is -0.115. The molecule has 2 nitrogen and oxygen atoms in total. The van der Waals surface area contributed by atoms with Crippen LogP contribution in [0.4, 0.5) is 0 Å². The molecule has 0 bridgehead atoms. The van der Waals surface area contributed by atoms with E-state index in [9.17, 15) is 4.79 Å². The lowest BCUT2D eigenvalue weighted by Gasteiger charge is -2.02. The molecular weight excluding hydrogens is 229 g/mol. The number of hydrogen-bond acceptors (Lipinski definition) is 2. The molecule has 0 aliphatic rings. The van der Waals surface area contributed by atoms with Crippen LogP contribution in [0.5, 0.6) is 0 Å². The van der Waals surface area contributed by atoms with Crippen molar-refractivity contribution < 1.29 is 4.79 Å². The Morgan fingerprint density at radius 1 is 1.46 bits per heavy atom. The molecule has 0 aromatic heterocycles. The zero-order valence-corrected chi connectivity index (χ0v) is 8.92. The third-order valence-corrected chi connectivity index (χ3v) is 3.02. The number of halogens is 2. The first kappa shape index (κ1) is 10.7. The number of thioether (sulfide) groups is 1. The topological polar surface area (TPSA) is 43.1 Å². The van der Waals surface area contributed by atoms with Gasteiger partial charge in [-0.25, -0.2) is 0 Å². The van der Waals surface area contributed by atoms with Crippen molar-refractivity contribution in [1.82, 2.24) is 0 Å². The van der Waals surface area contributed by atoms with Crippen molar-refractivity contribution >= 4 is 40.9 Å². The monoisotopic (exact) mass is 235 g/mol. The Labute approximate surface area is 90.4 Å². The van der Waals surface area contributed by atoms with E-state index in [0.29, 0.717) is 10.0 Å². The van der Waals surface area contributed by atoms with Gasteiger partial charge in [0.25, 0.3) is 0 Å². The molecule has 5 heteroatoms. The molecule has 1 aromatic carbocycles. The first-order valence-electron chi connectivity index (χ1n) is 3.46. The van der Waals surface area contributed by atoms with E-state index in [-0.39, 0.29) is 11.7 Å². The maximum absolute atomic E-state index is 10.5. The van der Waals surface area contributed by atoms with Gasteiger partial charge in [-0.05, 0) is 18.2 Å². The molecule has 0 saturated heterocycles. The highest BCUT2D eigenvalue weighted by atomic mass is 35.5. The molecule has 0 atom stereocenters. The first-order chi connectivity index (χ1) is 6.09. The lowest BCUT2D eigenvalue weighted by atomic mass is 10.4. The summed E-state index contributed by atoms with van der Waals surface area (Å²) in [6.45, 7) is 0. The average Bonchev–Trinajstić information content (AvgIpc) is 2.06. The molecule has 1 amide bonds. The van der Waals surface area contributed by atoms with E-state index >= 15 is 0 Å². The molecule has 1 aromatic rings. The molecule has 0 radical (unpaired) electrons. The van der Waals surface area contributed by atoms with E-state index in [1.54, 1.807) is 18.2 Å². The Morgan fingerprint density at radius 2 is 2.15 bits per heavy atom. The normalized spacial score (nSPS) is 10.0. The van der Waals surface area contributed by atoms with Crippen molar-refractivity contribution in [2.45, 2.75) is 4.90 Å². The van der Waals surface area contributed by atoms with Gasteiger partial charge < -0.3 is 5.73 Å². The second kappa shape index (κ2) is 4.74. The Kier molecular flexibility index (Phi) is 3.90.